The molecular weight excluding hydrogens is 761 g/mol. The van der Waals surface area contributed by atoms with Gasteiger partial charge in [-0.25, -0.2) is 0 Å². The van der Waals surface area contributed by atoms with E-state index in [1.807, 2.05) is 61.2 Å². The summed E-state index contributed by atoms with van der Waals surface area (Å²) in [6.45, 7) is 6.59. The largest absolute Gasteiger partial charge is 0.385 e. The van der Waals surface area contributed by atoms with Crippen LogP contribution >= 0.6 is 0 Å². The number of benzene rings is 3. The van der Waals surface area contributed by atoms with Gasteiger partial charge < -0.3 is 25.8 Å². The molecule has 1 aromatic heterocycles. The second-order valence-electron chi connectivity index (χ2n) is 15.4. The van der Waals surface area contributed by atoms with Crippen molar-refractivity contribution in [1.82, 2.24) is 25.4 Å². The highest BCUT2D eigenvalue weighted by atomic mass is 16.2. The monoisotopic (exact) mass is 816 g/mol. The van der Waals surface area contributed by atoms with E-state index in [-0.39, 0.29) is 42.3 Å². The summed E-state index contributed by atoms with van der Waals surface area (Å²) in [6.07, 6.45) is 10.4. The van der Waals surface area contributed by atoms with Gasteiger partial charge in [-0.1, -0.05) is 62.8 Å². The highest BCUT2D eigenvalue weighted by Crippen LogP contribution is 2.34. The molecule has 4 aromatic rings. The van der Waals surface area contributed by atoms with Gasteiger partial charge in [-0.3, -0.25) is 44.0 Å². The predicted octanol–water partition coefficient (Wildman–Crippen LogP) is 6.65. The predicted molar refractivity (Wildman–Crippen MR) is 234 cm³/mol. The fourth-order valence-corrected chi connectivity index (χ4v) is 7.89. The molecule has 1 atom stereocenters. The first kappa shape index (κ1) is 43.3. The molecule has 316 valence electrons. The number of nitrogens with zero attached hydrogens (tertiary/aromatic N) is 4. The number of unbranched alkanes of at least 4 members (excludes halogenated alkanes) is 7. The normalized spacial score (nSPS) is 14.8. The van der Waals surface area contributed by atoms with Crippen LogP contribution in [0.5, 0.6) is 0 Å². The van der Waals surface area contributed by atoms with Gasteiger partial charge in [-0.05, 0) is 75.6 Å². The van der Waals surface area contributed by atoms with E-state index in [4.69, 9.17) is 0 Å². The molecule has 0 bridgehead atoms. The van der Waals surface area contributed by atoms with Crippen LogP contribution in [0.1, 0.15) is 109 Å². The molecule has 0 radical (unpaired) electrons. The summed E-state index contributed by atoms with van der Waals surface area (Å²) in [5, 5.41) is 13.1. The number of hydrogen-bond donors (Lipinski definition) is 4. The van der Waals surface area contributed by atoms with Crippen molar-refractivity contribution in [2.45, 2.75) is 84.1 Å². The van der Waals surface area contributed by atoms with E-state index in [9.17, 15) is 28.8 Å². The zero-order chi connectivity index (χ0) is 42.6. The highest BCUT2D eigenvalue weighted by molar-refractivity contribution is 6.25. The van der Waals surface area contributed by atoms with Gasteiger partial charge in [-0.2, -0.15) is 0 Å². The number of carbonyl (C=O) groups excluding carboxylic acids is 6. The van der Waals surface area contributed by atoms with Gasteiger partial charge in [0, 0.05) is 62.6 Å². The van der Waals surface area contributed by atoms with Gasteiger partial charge in [0.1, 0.15) is 6.04 Å². The number of amides is 6. The Kier molecular flexibility index (Phi) is 14.8. The summed E-state index contributed by atoms with van der Waals surface area (Å²) in [7, 11) is 1.69. The minimum Gasteiger partial charge on any atom is -0.385 e. The molecule has 3 heterocycles. The van der Waals surface area contributed by atoms with E-state index in [1.165, 1.54) is 6.07 Å². The van der Waals surface area contributed by atoms with Crippen LogP contribution in [0, 0.1) is 0 Å². The van der Waals surface area contributed by atoms with Gasteiger partial charge in [0.2, 0.25) is 17.7 Å². The van der Waals surface area contributed by atoms with Crippen molar-refractivity contribution >= 4 is 69.1 Å². The lowest BCUT2D eigenvalue weighted by Gasteiger charge is -2.28. The van der Waals surface area contributed by atoms with Crippen LogP contribution in [0.4, 0.5) is 22.7 Å². The van der Waals surface area contributed by atoms with Crippen molar-refractivity contribution in [2.75, 3.05) is 55.3 Å². The molecule has 6 rings (SSSR count). The number of pyridine rings is 1. The van der Waals surface area contributed by atoms with Crippen molar-refractivity contribution in [1.29, 1.82) is 0 Å². The van der Waals surface area contributed by atoms with Crippen LogP contribution in [0.15, 0.2) is 72.9 Å². The summed E-state index contributed by atoms with van der Waals surface area (Å²) in [5.74, 6) is -2.51. The minimum atomic E-state index is -1.05. The van der Waals surface area contributed by atoms with Gasteiger partial charge >= 0.3 is 0 Å². The number of hydrogen-bond acceptors (Lipinski definition) is 10. The summed E-state index contributed by atoms with van der Waals surface area (Å²) in [5.41, 5.74) is 4.79. The zero-order valence-corrected chi connectivity index (χ0v) is 34.9. The number of aromatic nitrogens is 1. The van der Waals surface area contributed by atoms with Crippen LogP contribution in [0.2, 0.25) is 0 Å². The van der Waals surface area contributed by atoms with Crippen LogP contribution in [0.25, 0.3) is 10.9 Å². The molecule has 6 amide bonds. The van der Waals surface area contributed by atoms with E-state index in [2.05, 4.69) is 32.3 Å². The van der Waals surface area contributed by atoms with Crippen LogP contribution in [-0.4, -0.2) is 96.0 Å². The number of nitrogens with one attached hydrogen (secondary N) is 4. The molecule has 2 aliphatic heterocycles. The molecule has 3 aromatic carbocycles. The number of carbonyl (C=O) groups is 6. The van der Waals surface area contributed by atoms with Crippen molar-refractivity contribution < 1.29 is 28.8 Å². The average Bonchev–Trinajstić information content (AvgIpc) is 3.50. The molecule has 14 heteroatoms. The van der Waals surface area contributed by atoms with Gasteiger partial charge in [-0.15, -0.1) is 0 Å². The standard InChI is InChI=1S/C46H56N8O6/c1-4-53(5-2)44(58)35-29-49-36-23-22-32(28-34(36)42(35)50-31-18-13-12-14-19-31)47-26-15-10-8-6-7-9-11-16-27-48-40(56)30-52(3)37-21-17-20-33-41(37)46(60)54(45(33)59)38-24-25-39(55)51-43(38)57/h12-14,17-23,28-29,38,47H,4-11,15-16,24-27,30H2,1-3H3,(H,48,56)(H,49,50)(H,51,55,57). The molecule has 0 saturated carbocycles. The second kappa shape index (κ2) is 20.6. The third-order valence-electron chi connectivity index (χ3n) is 11.2. The Morgan fingerprint density at radius 3 is 2.22 bits per heavy atom. The van der Waals surface area contributed by atoms with Gasteiger partial charge in [0.15, 0.2) is 0 Å². The second-order valence-corrected chi connectivity index (χ2v) is 15.4. The van der Waals surface area contributed by atoms with Gasteiger partial charge in [0.25, 0.3) is 17.7 Å². The number of para-hydroxylation sites is 1. The molecule has 1 fully saturated rings. The number of fused-ring (bicyclic) bond motifs is 2. The first-order valence-electron chi connectivity index (χ1n) is 21.2. The number of imide groups is 2. The molecular formula is C46H56N8O6. The zero-order valence-electron chi connectivity index (χ0n) is 34.9. The number of piperidine rings is 1. The maximum absolute atomic E-state index is 13.5. The molecule has 14 nitrogen and oxygen atoms in total. The lowest BCUT2D eigenvalue weighted by atomic mass is 10.0. The number of rotatable bonds is 21. The summed E-state index contributed by atoms with van der Waals surface area (Å²) in [4.78, 5) is 86.0. The Bertz CT molecular complexity index is 2210. The lowest BCUT2D eigenvalue weighted by molar-refractivity contribution is -0.136. The molecule has 1 unspecified atom stereocenters. The van der Waals surface area contributed by atoms with E-state index < -0.39 is 29.7 Å². The van der Waals surface area contributed by atoms with Crippen LogP contribution in [0.3, 0.4) is 0 Å². The smallest absolute Gasteiger partial charge is 0.264 e. The first-order chi connectivity index (χ1) is 29.1. The third kappa shape index (κ3) is 10.3. The molecule has 60 heavy (non-hydrogen) atoms. The third-order valence-corrected chi connectivity index (χ3v) is 11.2. The van der Waals surface area contributed by atoms with Crippen LogP contribution in [-0.2, 0) is 14.4 Å². The quantitative estimate of drug-likeness (QED) is 0.0527. The van der Waals surface area contributed by atoms with Crippen molar-refractivity contribution in [3.8, 4) is 0 Å². The average molecular weight is 817 g/mol. The van der Waals surface area contributed by atoms with E-state index in [0.717, 1.165) is 90.8 Å². The number of likely N-dealkylation sites (N-methyl/N-ethyl adjacent to an activating group) is 1. The topological polar surface area (TPSA) is 173 Å². The maximum Gasteiger partial charge on any atom is 0.264 e. The maximum atomic E-state index is 13.5. The van der Waals surface area contributed by atoms with E-state index in [1.54, 1.807) is 30.3 Å². The Labute approximate surface area is 351 Å². The van der Waals surface area contributed by atoms with E-state index in [0.29, 0.717) is 30.9 Å². The number of anilines is 4. The SMILES string of the molecule is CCN(CC)C(=O)c1cnc2ccc(NCCCCCCCCCCNC(=O)CN(C)c3cccc4c3C(=O)N(C3CCC(=O)NC3=O)C4=O)cc2c1Nc1ccccc1. The Balaban J connectivity index is 0.877. The van der Waals surface area contributed by atoms with Crippen molar-refractivity contribution in [3.05, 3.63) is 89.6 Å². The lowest BCUT2D eigenvalue weighted by Crippen LogP contribution is -2.54. The Morgan fingerprint density at radius 2 is 1.52 bits per heavy atom. The fraction of sp³-hybridized carbons (Fsp3) is 0.413. The summed E-state index contributed by atoms with van der Waals surface area (Å²) >= 11 is 0. The Hall–Kier alpha value is -6.31. The molecule has 2 aliphatic rings. The highest BCUT2D eigenvalue weighted by Gasteiger charge is 2.46. The van der Waals surface area contributed by atoms with Crippen molar-refractivity contribution in [3.63, 3.8) is 0 Å². The first-order valence-corrected chi connectivity index (χ1v) is 21.2. The van der Waals surface area contributed by atoms with Crippen LogP contribution < -0.4 is 26.2 Å². The summed E-state index contributed by atoms with van der Waals surface area (Å²) in [6, 6.07) is 19.8. The molecule has 4 N–H and O–H groups in total. The summed E-state index contributed by atoms with van der Waals surface area (Å²) < 4.78 is 0. The Morgan fingerprint density at radius 1 is 0.817 bits per heavy atom. The van der Waals surface area contributed by atoms with Crippen molar-refractivity contribution in [2.24, 2.45) is 0 Å². The molecule has 0 spiro atoms. The fourth-order valence-electron chi connectivity index (χ4n) is 7.89. The molecule has 0 aliphatic carbocycles. The van der Waals surface area contributed by atoms with E-state index >= 15 is 0 Å². The minimum absolute atomic E-state index is 0.00529. The molecule has 1 saturated heterocycles. The van der Waals surface area contributed by atoms with Gasteiger partial charge in [0.05, 0.1) is 40.1 Å².